The average Bonchev–Trinajstić information content (AvgIpc) is 2.20. The van der Waals surface area contributed by atoms with Gasteiger partial charge in [-0.25, -0.2) is 0 Å². The first-order valence-corrected chi connectivity index (χ1v) is 6.67. The molecule has 0 heterocycles. The molecule has 3 nitrogen and oxygen atoms in total. The molecule has 0 bridgehead atoms. The molecule has 16 heavy (non-hydrogen) atoms. The lowest BCUT2D eigenvalue weighted by molar-refractivity contribution is -0.124. The van der Waals surface area contributed by atoms with Crippen molar-refractivity contribution in [1.82, 2.24) is 5.32 Å². The van der Waals surface area contributed by atoms with Crippen molar-refractivity contribution < 1.29 is 4.79 Å². The predicted molar refractivity (Wildman–Crippen MR) is 67.1 cm³/mol. The number of carbonyl (C=O) groups is 1. The fourth-order valence-corrected chi connectivity index (χ4v) is 2.20. The molecular formula is C13H26N2O. The van der Waals surface area contributed by atoms with Gasteiger partial charge in [0.2, 0.25) is 5.91 Å². The van der Waals surface area contributed by atoms with Gasteiger partial charge in [-0.1, -0.05) is 46.0 Å². The van der Waals surface area contributed by atoms with E-state index < -0.39 is 0 Å². The van der Waals surface area contributed by atoms with Gasteiger partial charge in [-0.05, 0) is 18.8 Å². The highest BCUT2D eigenvalue weighted by molar-refractivity contribution is 5.81. The quantitative estimate of drug-likeness (QED) is 0.775. The zero-order valence-electron chi connectivity index (χ0n) is 10.7. The van der Waals surface area contributed by atoms with Crippen LogP contribution >= 0.6 is 0 Å². The van der Waals surface area contributed by atoms with E-state index in [4.69, 9.17) is 5.73 Å². The molecule has 0 spiro atoms. The second kappa shape index (κ2) is 6.89. The van der Waals surface area contributed by atoms with Gasteiger partial charge in [0.25, 0.3) is 0 Å². The van der Waals surface area contributed by atoms with Crippen molar-refractivity contribution >= 4 is 5.91 Å². The van der Waals surface area contributed by atoms with E-state index in [9.17, 15) is 4.79 Å². The molecule has 3 heteroatoms. The number of nitrogens with two attached hydrogens (primary N) is 1. The lowest BCUT2D eigenvalue weighted by atomic mass is 9.96. The topological polar surface area (TPSA) is 55.1 Å². The fourth-order valence-electron chi connectivity index (χ4n) is 2.20. The Morgan fingerprint density at radius 1 is 1.12 bits per heavy atom. The van der Waals surface area contributed by atoms with Crippen LogP contribution in [0, 0.1) is 5.92 Å². The third-order valence-corrected chi connectivity index (χ3v) is 3.47. The number of amides is 1. The maximum absolute atomic E-state index is 11.8. The van der Waals surface area contributed by atoms with Gasteiger partial charge in [-0.3, -0.25) is 4.79 Å². The maximum Gasteiger partial charge on any atom is 0.237 e. The van der Waals surface area contributed by atoms with E-state index in [-0.39, 0.29) is 17.9 Å². The summed E-state index contributed by atoms with van der Waals surface area (Å²) in [5.74, 6) is 0.245. The van der Waals surface area contributed by atoms with Crippen LogP contribution in [0.5, 0.6) is 0 Å². The number of hydrogen-bond acceptors (Lipinski definition) is 2. The van der Waals surface area contributed by atoms with Crippen LogP contribution in [0.4, 0.5) is 0 Å². The Labute approximate surface area is 99.2 Å². The Kier molecular flexibility index (Phi) is 5.81. The Bertz CT molecular complexity index is 208. The summed E-state index contributed by atoms with van der Waals surface area (Å²) in [5.41, 5.74) is 5.84. The summed E-state index contributed by atoms with van der Waals surface area (Å²) in [7, 11) is 0. The van der Waals surface area contributed by atoms with Crippen molar-refractivity contribution in [2.24, 2.45) is 11.7 Å². The van der Waals surface area contributed by atoms with E-state index in [1.807, 2.05) is 13.8 Å². The summed E-state index contributed by atoms with van der Waals surface area (Å²) < 4.78 is 0. The molecule has 1 fully saturated rings. The van der Waals surface area contributed by atoms with Gasteiger partial charge < -0.3 is 11.1 Å². The minimum atomic E-state index is -0.356. The number of nitrogens with one attached hydrogen (secondary N) is 1. The molecule has 1 rings (SSSR count). The molecule has 0 aliphatic heterocycles. The first-order valence-electron chi connectivity index (χ1n) is 6.67. The van der Waals surface area contributed by atoms with Gasteiger partial charge in [-0.15, -0.1) is 0 Å². The average molecular weight is 226 g/mol. The van der Waals surface area contributed by atoms with Crippen LogP contribution in [0.3, 0.4) is 0 Å². The van der Waals surface area contributed by atoms with Crippen LogP contribution in [-0.4, -0.2) is 18.0 Å². The zero-order valence-corrected chi connectivity index (χ0v) is 10.7. The fraction of sp³-hybridized carbons (Fsp3) is 0.923. The minimum Gasteiger partial charge on any atom is -0.352 e. The summed E-state index contributed by atoms with van der Waals surface area (Å²) in [6, 6.07) is 0.00282. The van der Waals surface area contributed by atoms with Crippen LogP contribution < -0.4 is 11.1 Å². The summed E-state index contributed by atoms with van der Waals surface area (Å²) in [5, 5.41) is 3.10. The molecule has 0 aromatic carbocycles. The normalized spacial score (nSPS) is 21.2. The SMILES string of the molecule is CC(C)[C@H](N)C(=O)NC1CCCCCCC1. The first kappa shape index (κ1) is 13.5. The molecule has 1 aliphatic rings. The van der Waals surface area contributed by atoms with E-state index in [2.05, 4.69) is 5.32 Å². The molecule has 1 aliphatic carbocycles. The summed E-state index contributed by atoms with van der Waals surface area (Å²) >= 11 is 0. The van der Waals surface area contributed by atoms with Crippen LogP contribution in [0.25, 0.3) is 0 Å². The van der Waals surface area contributed by atoms with Crippen molar-refractivity contribution in [3.8, 4) is 0 Å². The zero-order chi connectivity index (χ0) is 12.0. The van der Waals surface area contributed by atoms with E-state index in [1.54, 1.807) is 0 Å². The maximum atomic E-state index is 11.8. The van der Waals surface area contributed by atoms with Gasteiger partial charge in [0.05, 0.1) is 6.04 Å². The molecule has 1 saturated carbocycles. The van der Waals surface area contributed by atoms with E-state index in [1.165, 1.54) is 32.1 Å². The first-order chi connectivity index (χ1) is 7.61. The lowest BCUT2D eigenvalue weighted by Gasteiger charge is -2.24. The predicted octanol–water partition coefficient (Wildman–Crippen LogP) is 2.20. The summed E-state index contributed by atoms with van der Waals surface area (Å²) in [6.45, 7) is 3.98. The number of carbonyl (C=O) groups excluding carboxylic acids is 1. The van der Waals surface area contributed by atoms with E-state index in [0.717, 1.165) is 12.8 Å². The van der Waals surface area contributed by atoms with Crippen LogP contribution in [0.15, 0.2) is 0 Å². The van der Waals surface area contributed by atoms with Crippen molar-refractivity contribution in [2.75, 3.05) is 0 Å². The van der Waals surface area contributed by atoms with Crippen LogP contribution in [0.2, 0.25) is 0 Å². The van der Waals surface area contributed by atoms with Gasteiger partial charge in [-0.2, -0.15) is 0 Å². The Morgan fingerprint density at radius 3 is 2.12 bits per heavy atom. The van der Waals surface area contributed by atoms with Gasteiger partial charge in [0.15, 0.2) is 0 Å². The molecule has 0 aromatic rings. The van der Waals surface area contributed by atoms with E-state index >= 15 is 0 Å². The highest BCUT2D eigenvalue weighted by atomic mass is 16.2. The Morgan fingerprint density at radius 2 is 1.62 bits per heavy atom. The minimum absolute atomic E-state index is 0.0283. The third kappa shape index (κ3) is 4.52. The Balaban J connectivity index is 2.35. The molecule has 3 N–H and O–H groups in total. The van der Waals surface area contributed by atoms with E-state index in [0.29, 0.717) is 6.04 Å². The number of hydrogen-bond donors (Lipinski definition) is 2. The van der Waals surface area contributed by atoms with Crippen molar-refractivity contribution in [1.29, 1.82) is 0 Å². The van der Waals surface area contributed by atoms with Crippen LogP contribution in [0.1, 0.15) is 58.8 Å². The lowest BCUT2D eigenvalue weighted by Crippen LogP contribution is -2.47. The summed E-state index contributed by atoms with van der Waals surface area (Å²) in [6.07, 6.45) is 8.69. The molecule has 0 aromatic heterocycles. The molecule has 94 valence electrons. The summed E-state index contributed by atoms with van der Waals surface area (Å²) in [4.78, 5) is 11.8. The highest BCUT2D eigenvalue weighted by Gasteiger charge is 2.20. The van der Waals surface area contributed by atoms with Crippen molar-refractivity contribution in [3.63, 3.8) is 0 Å². The Hall–Kier alpha value is -0.570. The highest BCUT2D eigenvalue weighted by Crippen LogP contribution is 2.17. The molecule has 0 unspecified atom stereocenters. The molecule has 0 saturated heterocycles. The van der Waals surface area contributed by atoms with Gasteiger partial charge in [0, 0.05) is 6.04 Å². The van der Waals surface area contributed by atoms with Gasteiger partial charge in [0.1, 0.15) is 0 Å². The molecule has 1 amide bonds. The smallest absolute Gasteiger partial charge is 0.237 e. The second-order valence-electron chi connectivity index (χ2n) is 5.32. The number of rotatable bonds is 3. The molecule has 0 radical (unpaired) electrons. The van der Waals surface area contributed by atoms with Crippen molar-refractivity contribution in [2.45, 2.75) is 70.9 Å². The largest absolute Gasteiger partial charge is 0.352 e. The second-order valence-corrected chi connectivity index (χ2v) is 5.32. The van der Waals surface area contributed by atoms with Crippen molar-refractivity contribution in [3.05, 3.63) is 0 Å². The monoisotopic (exact) mass is 226 g/mol. The standard InChI is InChI=1S/C13H26N2O/c1-10(2)12(14)13(16)15-11-8-6-4-3-5-7-9-11/h10-12H,3-9,14H2,1-2H3,(H,15,16)/t12-/m0/s1. The molecule has 1 atom stereocenters. The third-order valence-electron chi connectivity index (χ3n) is 3.47. The van der Waals surface area contributed by atoms with Crippen LogP contribution in [-0.2, 0) is 4.79 Å². The molecular weight excluding hydrogens is 200 g/mol. The van der Waals surface area contributed by atoms with Gasteiger partial charge >= 0.3 is 0 Å².